The average Bonchev–Trinajstić information content (AvgIpc) is 1.53. The fraction of sp³-hybridized carbons (Fsp3) is 0.897. The SMILES string of the molecule is CCOC(OCC)C1CC2CC1C(C)C2C1C2CC(CC2C(=O)OCCO)C1C1C2CC(CC2C(=O)OC(C)(C)C)C1C1C(=O)OC(=O)C1C.COC(OC)C1CC2CC1C(C)C2C1C2CC(CC2C(=O)OCCO)C1C1C2CC(CC2C(=O)OC(C)(C)C)C1C1C(=O)OC(=O)C1C. The predicted molar refractivity (Wildman–Crippen MR) is 352 cm³/mol. The number of fused-ring (bicyclic) bond motifs is 12. The molecule has 12 saturated carbocycles. The van der Waals surface area contributed by atoms with E-state index in [0.29, 0.717) is 85.2 Å². The molecule has 0 aromatic carbocycles. The van der Waals surface area contributed by atoms with Gasteiger partial charge in [-0.15, -0.1) is 0 Å². The summed E-state index contributed by atoms with van der Waals surface area (Å²) < 4.78 is 57.6. The van der Waals surface area contributed by atoms with Crippen molar-refractivity contribution in [2.75, 3.05) is 53.9 Å². The molecule has 14 fully saturated rings. The molecule has 14 rings (SSSR count). The maximum atomic E-state index is 13.8. The minimum atomic E-state index is -0.600. The number of esters is 8. The van der Waals surface area contributed by atoms with Crippen molar-refractivity contribution in [3.05, 3.63) is 0 Å². The number of carbonyl (C=O) groups is 8. The second kappa shape index (κ2) is 27.8. The molecular weight excluding hydrogens is 1260 g/mol. The maximum Gasteiger partial charge on any atom is 0.317 e. The van der Waals surface area contributed by atoms with Gasteiger partial charge in [-0.3, -0.25) is 38.4 Å². The summed E-state index contributed by atoms with van der Waals surface area (Å²) in [5, 5.41) is 18.9. The second-order valence-electron chi connectivity index (χ2n) is 35.7. The second-order valence-corrected chi connectivity index (χ2v) is 35.7. The van der Waals surface area contributed by atoms with Crippen LogP contribution in [0.4, 0.5) is 0 Å². The molecule has 14 aliphatic rings. The molecule has 2 saturated heterocycles. The zero-order chi connectivity index (χ0) is 70.2. The molecule has 548 valence electrons. The third-order valence-electron chi connectivity index (χ3n) is 29.5. The first-order valence-electron chi connectivity index (χ1n) is 38.4. The molecule has 0 spiro atoms. The zero-order valence-electron chi connectivity index (χ0n) is 60.8. The van der Waals surface area contributed by atoms with Crippen LogP contribution in [0.5, 0.6) is 0 Å². The highest BCUT2D eigenvalue weighted by molar-refractivity contribution is 5.97. The molecular formula is C78H116O20. The molecule has 12 aliphatic carbocycles. The van der Waals surface area contributed by atoms with Crippen LogP contribution in [0.3, 0.4) is 0 Å². The van der Waals surface area contributed by atoms with Crippen molar-refractivity contribution in [3.63, 3.8) is 0 Å². The Morgan fingerprint density at radius 1 is 0.408 bits per heavy atom. The number of methoxy groups -OCH3 is 2. The minimum absolute atomic E-state index is 0.00415. The van der Waals surface area contributed by atoms with E-state index < -0.39 is 58.8 Å². The van der Waals surface area contributed by atoms with Gasteiger partial charge in [-0.2, -0.15) is 0 Å². The van der Waals surface area contributed by atoms with E-state index in [2.05, 4.69) is 13.8 Å². The Labute approximate surface area is 580 Å². The van der Waals surface area contributed by atoms with E-state index >= 15 is 0 Å². The summed E-state index contributed by atoms with van der Waals surface area (Å²) in [7, 11) is 3.43. The summed E-state index contributed by atoms with van der Waals surface area (Å²) in [5.41, 5.74) is -1.20. The summed E-state index contributed by atoms with van der Waals surface area (Å²) in [6, 6.07) is 0. The first-order chi connectivity index (χ1) is 46.6. The molecule has 12 bridgehead atoms. The number of aliphatic hydroxyl groups excluding tert-OH is 2. The molecule has 0 amide bonds. The van der Waals surface area contributed by atoms with Gasteiger partial charge in [-0.1, -0.05) is 27.7 Å². The number of ether oxygens (including phenoxy) is 10. The number of rotatable bonds is 22. The van der Waals surface area contributed by atoms with E-state index in [1.807, 2.05) is 69.2 Å². The highest BCUT2D eigenvalue weighted by Gasteiger charge is 2.73. The molecule has 0 aromatic heterocycles. The van der Waals surface area contributed by atoms with E-state index in [1.165, 1.54) is 0 Å². The summed E-state index contributed by atoms with van der Waals surface area (Å²) >= 11 is 0. The van der Waals surface area contributed by atoms with Gasteiger partial charge in [0.2, 0.25) is 0 Å². The smallest absolute Gasteiger partial charge is 0.317 e. The number of cyclic esters (lactones) is 4. The topological polar surface area (TPSA) is 269 Å². The lowest BCUT2D eigenvalue weighted by Gasteiger charge is -2.51. The molecule has 0 radical (unpaired) electrons. The van der Waals surface area contributed by atoms with Gasteiger partial charge in [0.25, 0.3) is 0 Å². The van der Waals surface area contributed by atoms with Gasteiger partial charge in [-0.25, -0.2) is 0 Å². The minimum Gasteiger partial charge on any atom is -0.463 e. The molecule has 34 atom stereocenters. The van der Waals surface area contributed by atoms with E-state index in [-0.39, 0.29) is 181 Å². The van der Waals surface area contributed by atoms with Crippen LogP contribution in [-0.2, 0) is 85.7 Å². The molecule has 20 heteroatoms. The summed E-state index contributed by atoms with van der Waals surface area (Å²) in [5.74, 6) is 0.926. The van der Waals surface area contributed by atoms with Gasteiger partial charge in [-0.05, 0) is 274 Å². The quantitative estimate of drug-likeness (QED) is 0.0442. The molecule has 20 nitrogen and oxygen atoms in total. The molecule has 34 unspecified atom stereocenters. The Kier molecular flexibility index (Phi) is 20.5. The van der Waals surface area contributed by atoms with Crippen molar-refractivity contribution >= 4 is 47.8 Å². The van der Waals surface area contributed by atoms with Crippen LogP contribution in [0.25, 0.3) is 0 Å². The van der Waals surface area contributed by atoms with Crippen molar-refractivity contribution in [2.45, 2.75) is 184 Å². The number of aliphatic hydroxyl groups is 2. The first kappa shape index (κ1) is 72.3. The lowest BCUT2D eigenvalue weighted by Crippen LogP contribution is -2.50. The van der Waals surface area contributed by atoms with Crippen molar-refractivity contribution in [2.24, 2.45) is 201 Å². The monoisotopic (exact) mass is 1370 g/mol. The fourth-order valence-corrected chi connectivity index (χ4v) is 27.3. The van der Waals surface area contributed by atoms with Crippen LogP contribution >= 0.6 is 0 Å². The average molecular weight is 1370 g/mol. The predicted octanol–water partition coefficient (Wildman–Crippen LogP) is 9.79. The largest absolute Gasteiger partial charge is 0.463 e. The van der Waals surface area contributed by atoms with Crippen molar-refractivity contribution in [3.8, 4) is 0 Å². The normalized spacial score (nSPS) is 46.7. The number of hydrogen-bond acceptors (Lipinski definition) is 20. The van der Waals surface area contributed by atoms with E-state index in [1.54, 1.807) is 14.2 Å². The van der Waals surface area contributed by atoms with E-state index in [9.17, 15) is 48.6 Å². The van der Waals surface area contributed by atoms with E-state index in [4.69, 9.17) is 47.4 Å². The Morgan fingerprint density at radius 2 is 0.714 bits per heavy atom. The van der Waals surface area contributed by atoms with Gasteiger partial charge >= 0.3 is 47.8 Å². The van der Waals surface area contributed by atoms with Gasteiger partial charge in [0.15, 0.2) is 12.6 Å². The Balaban J connectivity index is 0.000000177. The highest BCUT2D eigenvalue weighted by atomic mass is 16.7. The van der Waals surface area contributed by atoms with Crippen molar-refractivity contribution < 1.29 is 95.9 Å². The van der Waals surface area contributed by atoms with Crippen LogP contribution in [0.2, 0.25) is 0 Å². The third-order valence-corrected chi connectivity index (χ3v) is 29.5. The molecule has 98 heavy (non-hydrogen) atoms. The number of carbonyl (C=O) groups excluding carboxylic acids is 8. The highest BCUT2D eigenvalue weighted by Crippen LogP contribution is 2.75. The van der Waals surface area contributed by atoms with Crippen LogP contribution in [0, 0.1) is 201 Å². The standard InChI is InChI=1S/C40H60O10.C38H56O10/c1-8-46-39(47-9-2)28-17-20-12-23(28)18(3)29(20)33-24-14-22(15-26(24)36(43)48-11-10-41)32(33)34-25-13-21(16-27(25)37(44)50-40(5,6)7)31(34)30-19(4)35(42)49-38(30)45;1-16-21-10-18(15-26(21)37(44-6)45-7)27(16)31-22-12-20(13-24(22)34(41)46-9-8-39)30(31)32-23-11-19(14-25(23)35(42)48-38(3,4)5)29(32)28-17(2)33(40)47-36(28)43/h18-34,39,41H,8-17H2,1-7H3;16-32,37,39H,8-15H2,1-7H3. The lowest BCUT2D eigenvalue weighted by atomic mass is 9.53. The molecule has 0 aromatic rings. The lowest BCUT2D eigenvalue weighted by molar-refractivity contribution is -0.185. The van der Waals surface area contributed by atoms with Crippen molar-refractivity contribution in [1.29, 1.82) is 0 Å². The molecule has 2 N–H and O–H groups in total. The molecule has 2 heterocycles. The Bertz CT molecular complexity index is 2990. The Hall–Kier alpha value is -4.08. The van der Waals surface area contributed by atoms with Gasteiger partial charge in [0.05, 0.1) is 60.6 Å². The summed E-state index contributed by atoms with van der Waals surface area (Å²) in [6.07, 6.45) is 10.2. The van der Waals surface area contributed by atoms with Crippen LogP contribution < -0.4 is 0 Å². The van der Waals surface area contributed by atoms with Crippen LogP contribution in [-0.4, -0.2) is 136 Å². The van der Waals surface area contributed by atoms with Crippen LogP contribution in [0.15, 0.2) is 0 Å². The van der Waals surface area contributed by atoms with Gasteiger partial charge in [0, 0.05) is 39.3 Å². The third kappa shape index (κ3) is 12.4. The van der Waals surface area contributed by atoms with Gasteiger partial charge < -0.3 is 57.6 Å². The summed E-state index contributed by atoms with van der Waals surface area (Å²) in [6.45, 7) is 24.8. The van der Waals surface area contributed by atoms with Crippen molar-refractivity contribution in [1.82, 2.24) is 0 Å². The number of hydrogen-bond donors (Lipinski definition) is 2. The Morgan fingerprint density at radius 3 is 1.01 bits per heavy atom. The van der Waals surface area contributed by atoms with Gasteiger partial charge in [0.1, 0.15) is 24.4 Å². The fourth-order valence-electron chi connectivity index (χ4n) is 27.3. The maximum absolute atomic E-state index is 13.8. The zero-order valence-corrected chi connectivity index (χ0v) is 60.8. The summed E-state index contributed by atoms with van der Waals surface area (Å²) in [4.78, 5) is 107. The molecule has 2 aliphatic heterocycles. The first-order valence-corrected chi connectivity index (χ1v) is 38.4. The van der Waals surface area contributed by atoms with E-state index in [0.717, 1.165) is 64.2 Å². The van der Waals surface area contributed by atoms with Crippen LogP contribution in [0.1, 0.15) is 160 Å².